The van der Waals surface area contributed by atoms with Gasteiger partial charge >= 0.3 is 0 Å². The molecular formula is C13H9Cl3FNO. The second-order valence-electron chi connectivity index (χ2n) is 3.84. The highest BCUT2D eigenvalue weighted by Crippen LogP contribution is 2.36. The molecule has 0 saturated heterocycles. The van der Waals surface area contributed by atoms with Gasteiger partial charge in [-0.05, 0) is 24.3 Å². The van der Waals surface area contributed by atoms with Gasteiger partial charge in [-0.3, -0.25) is 0 Å². The Hall–Kier alpha value is -1.16. The highest BCUT2D eigenvalue weighted by molar-refractivity contribution is 6.40. The van der Waals surface area contributed by atoms with Crippen LogP contribution in [0.15, 0.2) is 30.3 Å². The smallest absolute Gasteiger partial charge is 0.157 e. The predicted molar refractivity (Wildman–Crippen MR) is 76.6 cm³/mol. The Morgan fingerprint density at radius 1 is 1.05 bits per heavy atom. The summed E-state index contributed by atoms with van der Waals surface area (Å²) in [7, 11) is 0. The highest BCUT2D eigenvalue weighted by Gasteiger charge is 2.11. The van der Waals surface area contributed by atoms with Gasteiger partial charge in [-0.2, -0.15) is 0 Å². The second-order valence-corrected chi connectivity index (χ2v) is 5.09. The van der Waals surface area contributed by atoms with E-state index in [0.29, 0.717) is 16.3 Å². The van der Waals surface area contributed by atoms with Crippen LogP contribution in [0.3, 0.4) is 0 Å². The molecule has 0 spiro atoms. The normalized spacial score (nSPS) is 10.5. The summed E-state index contributed by atoms with van der Waals surface area (Å²) in [5.74, 6) is -0.176. The lowest BCUT2D eigenvalue weighted by molar-refractivity contribution is 0.300. The molecule has 6 heteroatoms. The Morgan fingerprint density at radius 2 is 1.68 bits per heavy atom. The van der Waals surface area contributed by atoms with Gasteiger partial charge in [0.25, 0.3) is 0 Å². The van der Waals surface area contributed by atoms with Crippen molar-refractivity contribution >= 4 is 40.5 Å². The van der Waals surface area contributed by atoms with E-state index in [-0.39, 0.29) is 22.4 Å². The van der Waals surface area contributed by atoms with Gasteiger partial charge in [0.2, 0.25) is 0 Å². The van der Waals surface area contributed by atoms with Gasteiger partial charge in [-0.25, -0.2) is 4.39 Å². The lowest BCUT2D eigenvalue weighted by Crippen LogP contribution is -2.00. The van der Waals surface area contributed by atoms with Crippen LogP contribution in [0.1, 0.15) is 5.56 Å². The molecule has 0 aliphatic heterocycles. The molecule has 0 radical (unpaired) electrons. The van der Waals surface area contributed by atoms with Crippen molar-refractivity contribution in [2.24, 2.45) is 0 Å². The molecule has 0 saturated carbocycles. The zero-order chi connectivity index (χ0) is 14.0. The first-order valence-corrected chi connectivity index (χ1v) is 6.42. The minimum Gasteiger partial charge on any atom is -0.486 e. The standard InChI is InChI=1S/C13H9Cl3FNO/c14-8-3-10(15)13(11(16)4-8)19-6-7-1-2-9(18)5-12(7)17/h1-5H,6,18H2. The Labute approximate surface area is 124 Å². The highest BCUT2D eigenvalue weighted by atomic mass is 35.5. The minimum absolute atomic E-state index is 0.00676. The summed E-state index contributed by atoms with van der Waals surface area (Å²) in [5.41, 5.74) is 6.17. The number of nitrogen functional groups attached to an aromatic ring is 1. The molecule has 100 valence electrons. The lowest BCUT2D eigenvalue weighted by atomic mass is 10.2. The Morgan fingerprint density at radius 3 is 2.26 bits per heavy atom. The van der Waals surface area contributed by atoms with E-state index in [9.17, 15) is 4.39 Å². The molecule has 0 unspecified atom stereocenters. The number of anilines is 1. The molecule has 0 aliphatic carbocycles. The maximum Gasteiger partial charge on any atom is 0.157 e. The van der Waals surface area contributed by atoms with Gasteiger partial charge in [0.05, 0.1) is 10.0 Å². The van der Waals surface area contributed by atoms with Crippen LogP contribution in [0.25, 0.3) is 0 Å². The van der Waals surface area contributed by atoms with E-state index in [0.717, 1.165) is 0 Å². The van der Waals surface area contributed by atoms with Crippen molar-refractivity contribution in [1.29, 1.82) is 0 Å². The van der Waals surface area contributed by atoms with Gasteiger partial charge < -0.3 is 10.5 Å². The molecule has 0 fully saturated rings. The maximum atomic E-state index is 13.6. The third kappa shape index (κ3) is 3.44. The summed E-state index contributed by atoms with van der Waals surface area (Å²) in [5, 5.41) is 0.947. The summed E-state index contributed by atoms with van der Waals surface area (Å²) in [4.78, 5) is 0. The molecule has 0 aliphatic rings. The maximum absolute atomic E-state index is 13.6. The topological polar surface area (TPSA) is 35.2 Å². The lowest BCUT2D eigenvalue weighted by Gasteiger charge is -2.11. The van der Waals surface area contributed by atoms with Crippen LogP contribution in [0, 0.1) is 5.82 Å². The molecule has 2 nitrogen and oxygen atoms in total. The van der Waals surface area contributed by atoms with Gasteiger partial charge in [0.1, 0.15) is 12.4 Å². The molecule has 2 aromatic rings. The Kier molecular flexibility index (Phi) is 4.40. The van der Waals surface area contributed by atoms with Crippen LogP contribution in [-0.2, 0) is 6.61 Å². The number of hydrogen-bond acceptors (Lipinski definition) is 2. The number of nitrogens with two attached hydrogens (primary N) is 1. The fourth-order valence-corrected chi connectivity index (χ4v) is 2.42. The quantitative estimate of drug-likeness (QED) is 0.812. The monoisotopic (exact) mass is 319 g/mol. The van der Waals surface area contributed by atoms with Crippen LogP contribution in [0.4, 0.5) is 10.1 Å². The Balaban J connectivity index is 2.19. The van der Waals surface area contributed by atoms with Crippen molar-refractivity contribution < 1.29 is 9.13 Å². The summed E-state index contributed by atoms with van der Waals surface area (Å²) >= 11 is 17.7. The summed E-state index contributed by atoms with van der Waals surface area (Å²) in [6.07, 6.45) is 0. The van der Waals surface area contributed by atoms with Crippen molar-refractivity contribution in [3.63, 3.8) is 0 Å². The van der Waals surface area contributed by atoms with Crippen molar-refractivity contribution in [2.45, 2.75) is 6.61 Å². The third-order valence-corrected chi connectivity index (χ3v) is 3.19. The molecular weight excluding hydrogens is 312 g/mol. The largest absolute Gasteiger partial charge is 0.486 e. The van der Waals surface area contributed by atoms with E-state index in [1.54, 1.807) is 12.1 Å². The second kappa shape index (κ2) is 5.87. The van der Waals surface area contributed by atoms with E-state index in [1.165, 1.54) is 18.2 Å². The number of rotatable bonds is 3. The minimum atomic E-state index is -0.443. The molecule has 0 bridgehead atoms. The first-order valence-electron chi connectivity index (χ1n) is 5.28. The molecule has 19 heavy (non-hydrogen) atoms. The third-order valence-electron chi connectivity index (χ3n) is 2.41. The molecule has 0 heterocycles. The van der Waals surface area contributed by atoms with Gasteiger partial charge in [0.15, 0.2) is 5.75 Å². The van der Waals surface area contributed by atoms with Crippen molar-refractivity contribution in [3.05, 3.63) is 56.8 Å². The fraction of sp³-hybridized carbons (Fsp3) is 0.0769. The first-order chi connectivity index (χ1) is 8.97. The summed E-state index contributed by atoms with van der Waals surface area (Å²) < 4.78 is 19.0. The molecule has 0 atom stereocenters. The number of hydrogen-bond donors (Lipinski definition) is 1. The van der Waals surface area contributed by atoms with E-state index in [2.05, 4.69) is 0 Å². The first kappa shape index (κ1) is 14.3. The molecule has 2 rings (SSSR count). The van der Waals surface area contributed by atoms with Crippen LogP contribution in [-0.4, -0.2) is 0 Å². The molecule has 0 amide bonds. The van der Waals surface area contributed by atoms with Gasteiger partial charge in [0, 0.05) is 16.3 Å². The zero-order valence-corrected chi connectivity index (χ0v) is 11.9. The van der Waals surface area contributed by atoms with Crippen LogP contribution < -0.4 is 10.5 Å². The number of benzene rings is 2. The van der Waals surface area contributed by atoms with E-state index in [4.69, 9.17) is 45.3 Å². The summed E-state index contributed by atoms with van der Waals surface area (Å²) in [6.45, 7) is -0.00676. The van der Waals surface area contributed by atoms with E-state index >= 15 is 0 Å². The van der Waals surface area contributed by atoms with Crippen molar-refractivity contribution in [2.75, 3.05) is 5.73 Å². The summed E-state index contributed by atoms with van der Waals surface area (Å²) in [6, 6.07) is 7.37. The molecule has 2 aromatic carbocycles. The van der Waals surface area contributed by atoms with E-state index in [1.807, 2.05) is 0 Å². The van der Waals surface area contributed by atoms with Crippen LogP contribution in [0.5, 0.6) is 5.75 Å². The van der Waals surface area contributed by atoms with E-state index < -0.39 is 5.82 Å². The molecule has 0 aromatic heterocycles. The molecule has 2 N–H and O–H groups in total. The van der Waals surface area contributed by atoms with Gasteiger partial charge in [-0.15, -0.1) is 0 Å². The van der Waals surface area contributed by atoms with Crippen molar-refractivity contribution in [1.82, 2.24) is 0 Å². The van der Waals surface area contributed by atoms with Crippen LogP contribution in [0.2, 0.25) is 15.1 Å². The average molecular weight is 321 g/mol. The Bertz CT molecular complexity index is 596. The SMILES string of the molecule is Nc1ccc(COc2c(Cl)cc(Cl)cc2Cl)c(F)c1. The predicted octanol–water partition coefficient (Wildman–Crippen LogP) is 4.95. The number of ether oxygens (including phenoxy) is 1. The number of halogens is 4. The van der Waals surface area contributed by atoms with Crippen molar-refractivity contribution in [3.8, 4) is 5.75 Å². The zero-order valence-electron chi connectivity index (χ0n) is 9.59. The van der Waals surface area contributed by atoms with Gasteiger partial charge in [-0.1, -0.05) is 40.9 Å². The van der Waals surface area contributed by atoms with Crippen LogP contribution >= 0.6 is 34.8 Å². The fourth-order valence-electron chi connectivity index (χ4n) is 1.50. The average Bonchev–Trinajstić information content (AvgIpc) is 2.30.